The standard InChI is InChI=1S/C12H15ClN4OS/c1-14-12(15-7-9-5-6-18-16-9)17(2)8-10-3-4-11(13)19-10/h3-6H,7-8H2,1-2H3,(H,14,15). The summed E-state index contributed by atoms with van der Waals surface area (Å²) in [6, 6.07) is 5.74. The summed E-state index contributed by atoms with van der Waals surface area (Å²) < 4.78 is 5.58. The highest BCUT2D eigenvalue weighted by molar-refractivity contribution is 7.16. The number of guanidine groups is 1. The molecule has 102 valence electrons. The Bertz CT molecular complexity index is 538. The average Bonchev–Trinajstić information content (AvgIpc) is 3.02. The van der Waals surface area contributed by atoms with Gasteiger partial charge < -0.3 is 14.7 Å². The average molecular weight is 299 g/mol. The molecule has 19 heavy (non-hydrogen) atoms. The third-order valence-corrected chi connectivity index (χ3v) is 3.73. The van der Waals surface area contributed by atoms with E-state index in [0.29, 0.717) is 6.54 Å². The summed E-state index contributed by atoms with van der Waals surface area (Å²) in [6.45, 7) is 1.34. The summed E-state index contributed by atoms with van der Waals surface area (Å²) in [5.41, 5.74) is 0.841. The molecule has 5 nitrogen and oxygen atoms in total. The van der Waals surface area contributed by atoms with Crippen LogP contribution >= 0.6 is 22.9 Å². The maximum absolute atomic E-state index is 5.92. The number of aliphatic imine (C=N–C) groups is 1. The van der Waals surface area contributed by atoms with Gasteiger partial charge in [0.1, 0.15) is 12.0 Å². The third kappa shape index (κ3) is 3.97. The lowest BCUT2D eigenvalue weighted by Gasteiger charge is -2.20. The molecule has 0 fully saturated rings. The lowest BCUT2D eigenvalue weighted by atomic mass is 10.4. The number of aromatic nitrogens is 1. The van der Waals surface area contributed by atoms with E-state index in [4.69, 9.17) is 16.1 Å². The fourth-order valence-electron chi connectivity index (χ4n) is 1.63. The molecule has 2 rings (SSSR count). The van der Waals surface area contributed by atoms with Gasteiger partial charge in [-0.1, -0.05) is 16.8 Å². The molecular formula is C12H15ClN4OS. The molecule has 0 aliphatic carbocycles. The highest BCUT2D eigenvalue weighted by Gasteiger charge is 2.08. The summed E-state index contributed by atoms with van der Waals surface area (Å²) in [7, 11) is 3.73. The molecule has 0 saturated heterocycles. The highest BCUT2D eigenvalue weighted by atomic mass is 35.5. The molecule has 2 aromatic heterocycles. The summed E-state index contributed by atoms with van der Waals surface area (Å²) in [5, 5.41) is 7.07. The van der Waals surface area contributed by atoms with Crippen molar-refractivity contribution in [1.29, 1.82) is 0 Å². The van der Waals surface area contributed by atoms with Gasteiger partial charge in [0.2, 0.25) is 0 Å². The van der Waals surface area contributed by atoms with E-state index < -0.39 is 0 Å². The summed E-state index contributed by atoms with van der Waals surface area (Å²) in [5.74, 6) is 0.799. The van der Waals surface area contributed by atoms with Crippen molar-refractivity contribution in [3.8, 4) is 0 Å². The predicted molar refractivity (Wildman–Crippen MR) is 77.5 cm³/mol. The predicted octanol–water partition coefficient (Wildman–Crippen LogP) is 2.60. The van der Waals surface area contributed by atoms with Gasteiger partial charge in [-0.3, -0.25) is 4.99 Å². The molecule has 0 radical (unpaired) electrons. The first-order valence-corrected chi connectivity index (χ1v) is 6.93. The third-order valence-electron chi connectivity index (χ3n) is 2.51. The first kappa shape index (κ1) is 13.9. The van der Waals surface area contributed by atoms with Crippen LogP contribution in [0.5, 0.6) is 0 Å². The Kier molecular flexibility index (Phi) is 4.81. The SMILES string of the molecule is CN=C(NCc1ccon1)N(C)Cc1ccc(Cl)s1. The van der Waals surface area contributed by atoms with Gasteiger partial charge in [0.25, 0.3) is 0 Å². The molecule has 7 heteroatoms. The topological polar surface area (TPSA) is 53.7 Å². The van der Waals surface area contributed by atoms with Crippen molar-refractivity contribution in [2.45, 2.75) is 13.1 Å². The maximum atomic E-state index is 5.92. The molecule has 0 saturated carbocycles. The van der Waals surface area contributed by atoms with Crippen molar-refractivity contribution >= 4 is 28.9 Å². The molecule has 0 spiro atoms. The van der Waals surface area contributed by atoms with Gasteiger partial charge in [-0.15, -0.1) is 11.3 Å². The van der Waals surface area contributed by atoms with Crippen LogP contribution in [0.1, 0.15) is 10.6 Å². The van der Waals surface area contributed by atoms with Crippen molar-refractivity contribution in [1.82, 2.24) is 15.4 Å². The van der Waals surface area contributed by atoms with Gasteiger partial charge in [-0.05, 0) is 12.1 Å². The Balaban J connectivity index is 1.90. The number of rotatable bonds is 4. The van der Waals surface area contributed by atoms with Crippen molar-refractivity contribution in [2.75, 3.05) is 14.1 Å². The molecule has 2 aromatic rings. The van der Waals surface area contributed by atoms with Gasteiger partial charge in [0.15, 0.2) is 5.96 Å². The summed E-state index contributed by atoms with van der Waals surface area (Å²) >= 11 is 7.49. The molecule has 0 unspecified atom stereocenters. The molecule has 0 bridgehead atoms. The largest absolute Gasteiger partial charge is 0.364 e. The normalized spacial score (nSPS) is 11.6. The van der Waals surface area contributed by atoms with Crippen LogP contribution in [0.2, 0.25) is 4.34 Å². The number of hydrogen-bond donors (Lipinski definition) is 1. The number of hydrogen-bond acceptors (Lipinski definition) is 4. The molecule has 0 atom stereocenters. The summed E-state index contributed by atoms with van der Waals surface area (Å²) in [4.78, 5) is 7.46. The van der Waals surface area contributed by atoms with Gasteiger partial charge in [0.05, 0.1) is 17.4 Å². The van der Waals surface area contributed by atoms with E-state index in [0.717, 1.165) is 22.5 Å². The quantitative estimate of drug-likeness (QED) is 0.696. The van der Waals surface area contributed by atoms with E-state index in [1.165, 1.54) is 4.88 Å². The van der Waals surface area contributed by atoms with Crippen LogP contribution in [0, 0.1) is 0 Å². The maximum Gasteiger partial charge on any atom is 0.194 e. The van der Waals surface area contributed by atoms with Crippen molar-refractivity contribution in [3.05, 3.63) is 39.4 Å². The molecule has 0 aliphatic rings. The van der Waals surface area contributed by atoms with Crippen LogP contribution in [0.15, 0.2) is 34.0 Å². The molecule has 0 amide bonds. The number of nitrogens with zero attached hydrogens (tertiary/aromatic N) is 3. The Morgan fingerprint density at radius 2 is 2.37 bits per heavy atom. The second kappa shape index (κ2) is 6.58. The lowest BCUT2D eigenvalue weighted by Crippen LogP contribution is -2.37. The minimum Gasteiger partial charge on any atom is -0.364 e. The molecule has 0 aliphatic heterocycles. The van der Waals surface area contributed by atoms with E-state index >= 15 is 0 Å². The van der Waals surface area contributed by atoms with Gasteiger partial charge >= 0.3 is 0 Å². The molecular weight excluding hydrogens is 284 g/mol. The van der Waals surface area contributed by atoms with Crippen molar-refractivity contribution < 1.29 is 4.52 Å². The zero-order valence-corrected chi connectivity index (χ0v) is 12.3. The second-order valence-corrected chi connectivity index (χ2v) is 5.75. The first-order chi connectivity index (χ1) is 9.19. The Labute approximate surface area is 120 Å². The number of halogens is 1. The smallest absolute Gasteiger partial charge is 0.194 e. The van der Waals surface area contributed by atoms with E-state index in [1.54, 1.807) is 24.6 Å². The molecule has 0 aromatic carbocycles. The van der Waals surface area contributed by atoms with E-state index in [2.05, 4.69) is 15.5 Å². The monoisotopic (exact) mass is 298 g/mol. The minimum atomic E-state index is 0.582. The fourth-order valence-corrected chi connectivity index (χ4v) is 2.77. The van der Waals surface area contributed by atoms with Crippen molar-refractivity contribution in [3.63, 3.8) is 0 Å². The highest BCUT2D eigenvalue weighted by Crippen LogP contribution is 2.22. The van der Waals surface area contributed by atoms with E-state index in [-0.39, 0.29) is 0 Å². The zero-order valence-electron chi connectivity index (χ0n) is 10.8. The van der Waals surface area contributed by atoms with Gasteiger partial charge in [0, 0.05) is 25.0 Å². The molecule has 2 heterocycles. The minimum absolute atomic E-state index is 0.582. The number of thiophene rings is 1. The van der Waals surface area contributed by atoms with Crippen LogP contribution in [0.25, 0.3) is 0 Å². The van der Waals surface area contributed by atoms with Gasteiger partial charge in [-0.25, -0.2) is 0 Å². The van der Waals surface area contributed by atoms with Crippen LogP contribution in [0.4, 0.5) is 0 Å². The summed E-state index contributed by atoms with van der Waals surface area (Å²) in [6.07, 6.45) is 1.55. The van der Waals surface area contributed by atoms with Gasteiger partial charge in [-0.2, -0.15) is 0 Å². The zero-order chi connectivity index (χ0) is 13.7. The second-order valence-electron chi connectivity index (χ2n) is 3.95. The van der Waals surface area contributed by atoms with Crippen molar-refractivity contribution in [2.24, 2.45) is 4.99 Å². The fraction of sp³-hybridized carbons (Fsp3) is 0.333. The number of nitrogens with one attached hydrogen (secondary N) is 1. The van der Waals surface area contributed by atoms with E-state index in [9.17, 15) is 0 Å². The first-order valence-electron chi connectivity index (χ1n) is 5.74. The van der Waals surface area contributed by atoms with Crippen LogP contribution in [0.3, 0.4) is 0 Å². The Morgan fingerprint density at radius 1 is 1.53 bits per heavy atom. The Hall–Kier alpha value is -1.53. The van der Waals surface area contributed by atoms with E-state index in [1.807, 2.05) is 30.1 Å². The van der Waals surface area contributed by atoms with Crippen LogP contribution < -0.4 is 5.32 Å². The lowest BCUT2D eigenvalue weighted by molar-refractivity contribution is 0.409. The van der Waals surface area contributed by atoms with Crippen LogP contribution in [-0.2, 0) is 13.1 Å². The van der Waals surface area contributed by atoms with Crippen LogP contribution in [-0.4, -0.2) is 30.1 Å². The Morgan fingerprint density at radius 3 is 2.95 bits per heavy atom. The molecule has 1 N–H and O–H groups in total.